The molecule has 106 valence electrons. The number of nitrogens with two attached hydrogens (primary N) is 1. The Bertz CT molecular complexity index is 278. The maximum Gasteiger partial charge on any atom is 0.225 e. The molecule has 0 heterocycles. The highest BCUT2D eigenvalue weighted by atomic mass is 16.2. The van der Waals surface area contributed by atoms with E-state index in [0.717, 1.165) is 25.8 Å². The zero-order valence-electron chi connectivity index (χ0n) is 12.6. The minimum Gasteiger partial charge on any atom is -0.346 e. The topological polar surface area (TPSA) is 46.3 Å². The lowest BCUT2D eigenvalue weighted by atomic mass is 9.72. The highest BCUT2D eigenvalue weighted by Gasteiger charge is 2.36. The second-order valence-corrected chi connectivity index (χ2v) is 6.64. The average Bonchev–Trinajstić information content (AvgIpc) is 2.29. The normalized spacial score (nSPS) is 32.6. The van der Waals surface area contributed by atoms with E-state index >= 15 is 0 Å². The number of amides is 1. The van der Waals surface area contributed by atoms with Gasteiger partial charge < -0.3 is 10.6 Å². The molecule has 1 aliphatic carbocycles. The van der Waals surface area contributed by atoms with Crippen molar-refractivity contribution in [2.24, 2.45) is 29.4 Å². The molecule has 2 N–H and O–H groups in total. The largest absolute Gasteiger partial charge is 0.346 e. The van der Waals surface area contributed by atoms with Crippen LogP contribution in [0.15, 0.2) is 0 Å². The molecule has 18 heavy (non-hydrogen) atoms. The first-order valence-corrected chi connectivity index (χ1v) is 7.33. The first-order valence-electron chi connectivity index (χ1n) is 7.33. The van der Waals surface area contributed by atoms with E-state index < -0.39 is 0 Å². The third-order valence-electron chi connectivity index (χ3n) is 4.42. The van der Waals surface area contributed by atoms with E-state index in [1.165, 1.54) is 0 Å². The van der Waals surface area contributed by atoms with Crippen molar-refractivity contribution in [2.45, 2.75) is 53.0 Å². The van der Waals surface area contributed by atoms with Gasteiger partial charge in [-0.3, -0.25) is 4.79 Å². The highest BCUT2D eigenvalue weighted by Crippen LogP contribution is 2.33. The first kappa shape index (κ1) is 15.5. The molecule has 3 heteroatoms. The zero-order chi connectivity index (χ0) is 13.9. The lowest BCUT2D eigenvalue weighted by molar-refractivity contribution is -0.137. The standard InChI is InChI=1S/C15H30N2O/c1-10(2)6-7-17(5)15(18)13-9-14(16)12(4)8-11(13)3/h10-14H,6-9,16H2,1-5H3. The van der Waals surface area contributed by atoms with E-state index in [4.69, 9.17) is 5.73 Å². The molecule has 4 atom stereocenters. The van der Waals surface area contributed by atoms with Crippen molar-refractivity contribution in [3.8, 4) is 0 Å². The summed E-state index contributed by atoms with van der Waals surface area (Å²) < 4.78 is 0. The van der Waals surface area contributed by atoms with Crippen LogP contribution in [-0.2, 0) is 4.79 Å². The van der Waals surface area contributed by atoms with Crippen LogP contribution in [0.3, 0.4) is 0 Å². The number of rotatable bonds is 4. The second kappa shape index (κ2) is 6.55. The van der Waals surface area contributed by atoms with Crippen molar-refractivity contribution in [2.75, 3.05) is 13.6 Å². The van der Waals surface area contributed by atoms with Crippen LogP contribution < -0.4 is 5.73 Å². The van der Waals surface area contributed by atoms with Crippen molar-refractivity contribution < 1.29 is 4.79 Å². The van der Waals surface area contributed by atoms with Crippen LogP contribution in [-0.4, -0.2) is 30.4 Å². The summed E-state index contributed by atoms with van der Waals surface area (Å²) in [5, 5.41) is 0. The van der Waals surface area contributed by atoms with Gasteiger partial charge in [-0.1, -0.05) is 27.7 Å². The molecule has 0 bridgehead atoms. The van der Waals surface area contributed by atoms with E-state index in [0.29, 0.717) is 23.7 Å². The Labute approximate surface area is 112 Å². The Morgan fingerprint density at radius 3 is 2.44 bits per heavy atom. The molecule has 0 spiro atoms. The molecule has 1 saturated carbocycles. The first-order chi connectivity index (χ1) is 8.32. The van der Waals surface area contributed by atoms with E-state index in [2.05, 4.69) is 27.7 Å². The van der Waals surface area contributed by atoms with Gasteiger partial charge in [0.2, 0.25) is 5.91 Å². The summed E-state index contributed by atoms with van der Waals surface area (Å²) in [5.41, 5.74) is 6.12. The van der Waals surface area contributed by atoms with Gasteiger partial charge >= 0.3 is 0 Å². The summed E-state index contributed by atoms with van der Waals surface area (Å²) in [6, 6.07) is 0.189. The van der Waals surface area contributed by atoms with Crippen molar-refractivity contribution >= 4 is 5.91 Å². The summed E-state index contributed by atoms with van der Waals surface area (Å²) in [6.45, 7) is 9.65. The minimum atomic E-state index is 0.133. The Morgan fingerprint density at radius 2 is 1.89 bits per heavy atom. The van der Waals surface area contributed by atoms with E-state index in [1.807, 2.05) is 11.9 Å². The molecule has 1 rings (SSSR count). The molecular formula is C15H30N2O. The molecule has 4 unspecified atom stereocenters. The Kier molecular flexibility index (Phi) is 5.64. The van der Waals surface area contributed by atoms with Crippen LogP contribution in [0.1, 0.15) is 47.0 Å². The van der Waals surface area contributed by atoms with Gasteiger partial charge in [0, 0.05) is 25.6 Å². The molecule has 1 fully saturated rings. The number of carbonyl (C=O) groups excluding carboxylic acids is 1. The molecular weight excluding hydrogens is 224 g/mol. The van der Waals surface area contributed by atoms with Crippen LogP contribution in [0.5, 0.6) is 0 Å². The SMILES string of the molecule is CC(C)CCN(C)C(=O)C1CC(N)C(C)CC1C. The third-order valence-corrected chi connectivity index (χ3v) is 4.42. The smallest absolute Gasteiger partial charge is 0.225 e. The average molecular weight is 254 g/mol. The van der Waals surface area contributed by atoms with Gasteiger partial charge in [0.25, 0.3) is 0 Å². The second-order valence-electron chi connectivity index (χ2n) is 6.64. The lowest BCUT2D eigenvalue weighted by Crippen LogP contribution is -2.45. The van der Waals surface area contributed by atoms with Gasteiger partial charge in [-0.2, -0.15) is 0 Å². The number of nitrogens with zero attached hydrogens (tertiary/aromatic N) is 1. The Hall–Kier alpha value is -0.570. The molecule has 0 radical (unpaired) electrons. The van der Waals surface area contributed by atoms with Gasteiger partial charge in [0.1, 0.15) is 0 Å². The molecule has 1 amide bonds. The summed E-state index contributed by atoms with van der Waals surface area (Å²) in [6.07, 6.45) is 3.01. The van der Waals surface area contributed by atoms with E-state index in [9.17, 15) is 4.79 Å². The van der Waals surface area contributed by atoms with Crippen LogP contribution in [0, 0.1) is 23.7 Å². The van der Waals surface area contributed by atoms with Gasteiger partial charge in [-0.25, -0.2) is 0 Å². The fourth-order valence-corrected chi connectivity index (χ4v) is 2.87. The van der Waals surface area contributed by atoms with Crippen LogP contribution in [0.2, 0.25) is 0 Å². The van der Waals surface area contributed by atoms with Crippen LogP contribution in [0.25, 0.3) is 0 Å². The van der Waals surface area contributed by atoms with Gasteiger partial charge in [-0.05, 0) is 37.0 Å². The summed E-state index contributed by atoms with van der Waals surface area (Å²) in [4.78, 5) is 14.4. The molecule has 1 aliphatic rings. The maximum absolute atomic E-state index is 12.4. The number of hydrogen-bond donors (Lipinski definition) is 1. The fraction of sp³-hybridized carbons (Fsp3) is 0.933. The third kappa shape index (κ3) is 3.98. The fourth-order valence-electron chi connectivity index (χ4n) is 2.87. The highest BCUT2D eigenvalue weighted by molar-refractivity contribution is 5.79. The van der Waals surface area contributed by atoms with Crippen molar-refractivity contribution in [3.05, 3.63) is 0 Å². The van der Waals surface area contributed by atoms with Crippen molar-refractivity contribution in [1.82, 2.24) is 4.90 Å². The van der Waals surface area contributed by atoms with E-state index in [1.54, 1.807) is 0 Å². The van der Waals surface area contributed by atoms with Gasteiger partial charge in [0.05, 0.1) is 0 Å². The Morgan fingerprint density at radius 1 is 1.28 bits per heavy atom. The molecule has 0 aliphatic heterocycles. The van der Waals surface area contributed by atoms with Crippen LogP contribution in [0.4, 0.5) is 0 Å². The maximum atomic E-state index is 12.4. The van der Waals surface area contributed by atoms with Gasteiger partial charge in [-0.15, -0.1) is 0 Å². The monoisotopic (exact) mass is 254 g/mol. The van der Waals surface area contributed by atoms with Crippen LogP contribution >= 0.6 is 0 Å². The molecule has 0 aromatic carbocycles. The predicted molar refractivity (Wildman–Crippen MR) is 76.1 cm³/mol. The summed E-state index contributed by atoms with van der Waals surface area (Å²) >= 11 is 0. The molecule has 3 nitrogen and oxygen atoms in total. The molecule has 0 saturated heterocycles. The van der Waals surface area contributed by atoms with Crippen molar-refractivity contribution in [1.29, 1.82) is 0 Å². The molecule has 0 aromatic heterocycles. The predicted octanol–water partition coefficient (Wildman–Crippen LogP) is 2.50. The lowest BCUT2D eigenvalue weighted by Gasteiger charge is -2.38. The Balaban J connectivity index is 2.54. The van der Waals surface area contributed by atoms with Crippen molar-refractivity contribution in [3.63, 3.8) is 0 Å². The molecule has 0 aromatic rings. The zero-order valence-corrected chi connectivity index (χ0v) is 12.6. The summed E-state index contributed by atoms with van der Waals surface area (Å²) in [7, 11) is 1.93. The summed E-state index contributed by atoms with van der Waals surface area (Å²) in [5.74, 6) is 2.09. The quantitative estimate of drug-likeness (QED) is 0.838. The number of carbonyl (C=O) groups is 1. The number of hydrogen-bond acceptors (Lipinski definition) is 2. The van der Waals surface area contributed by atoms with Gasteiger partial charge in [0.15, 0.2) is 0 Å². The minimum absolute atomic E-state index is 0.133. The van der Waals surface area contributed by atoms with E-state index in [-0.39, 0.29) is 12.0 Å².